The van der Waals surface area contributed by atoms with E-state index in [1.807, 2.05) is 0 Å². The first-order valence-corrected chi connectivity index (χ1v) is 14.9. The topological polar surface area (TPSA) is 93.4 Å². The zero-order chi connectivity index (χ0) is 32.9. The third kappa shape index (κ3) is 9.63. The van der Waals surface area contributed by atoms with E-state index in [-0.39, 0.29) is 11.3 Å². The molecular weight excluding hydrogens is 572 g/mol. The van der Waals surface area contributed by atoms with Crippen LogP contribution in [0.1, 0.15) is 69.3 Å². The van der Waals surface area contributed by atoms with E-state index < -0.39 is 11.9 Å². The Balaban J connectivity index is 1.83. The highest BCUT2D eigenvalue weighted by Crippen LogP contribution is 2.42. The lowest BCUT2D eigenvalue weighted by molar-refractivity contribution is -0.134. The van der Waals surface area contributed by atoms with Gasteiger partial charge in [0.05, 0.1) is 28.4 Å². The Hall–Kier alpha value is -4.72. The van der Waals surface area contributed by atoms with Crippen molar-refractivity contribution in [3.05, 3.63) is 82.5 Å². The van der Waals surface area contributed by atoms with Gasteiger partial charge in [-0.3, -0.25) is 0 Å². The fourth-order valence-electron chi connectivity index (χ4n) is 4.72. The van der Waals surface area contributed by atoms with Crippen LogP contribution in [0.15, 0.2) is 75.8 Å². The predicted octanol–water partition coefficient (Wildman–Crippen LogP) is 8.89. The molecule has 8 nitrogen and oxygen atoms in total. The molecule has 0 unspecified atom stereocenters. The molecule has 0 aliphatic carbocycles. The molecule has 0 N–H and O–H groups in total. The average Bonchev–Trinajstić information content (AvgIpc) is 3.42. The van der Waals surface area contributed by atoms with E-state index >= 15 is 0 Å². The van der Waals surface area contributed by atoms with E-state index in [0.717, 1.165) is 25.7 Å². The van der Waals surface area contributed by atoms with Crippen molar-refractivity contribution in [1.29, 1.82) is 0 Å². The van der Waals surface area contributed by atoms with Crippen LogP contribution in [0.2, 0.25) is 0 Å². The van der Waals surface area contributed by atoms with Crippen molar-refractivity contribution in [2.45, 2.75) is 53.4 Å². The lowest BCUT2D eigenvalue weighted by atomic mass is 10.0. The van der Waals surface area contributed by atoms with Gasteiger partial charge in [-0.05, 0) is 101 Å². The summed E-state index contributed by atoms with van der Waals surface area (Å²) in [5.74, 6) is 0.620. The Morgan fingerprint density at radius 1 is 0.778 bits per heavy atom. The second-order valence-electron chi connectivity index (χ2n) is 10.9. The fourth-order valence-corrected chi connectivity index (χ4v) is 4.72. The van der Waals surface area contributed by atoms with E-state index in [9.17, 15) is 9.59 Å². The first kappa shape index (κ1) is 34.8. The molecule has 0 radical (unpaired) electrons. The first-order chi connectivity index (χ1) is 21.6. The highest BCUT2D eigenvalue weighted by atomic mass is 16.5. The summed E-state index contributed by atoms with van der Waals surface area (Å²) < 4.78 is 33.3. The van der Waals surface area contributed by atoms with Crippen LogP contribution >= 0.6 is 0 Å². The number of hydrogen-bond acceptors (Lipinski definition) is 8. The molecule has 45 heavy (non-hydrogen) atoms. The minimum absolute atomic E-state index is 0.217. The van der Waals surface area contributed by atoms with Crippen molar-refractivity contribution < 1.29 is 37.7 Å². The zero-order valence-corrected chi connectivity index (χ0v) is 27.6. The monoisotopic (exact) mass is 616 g/mol. The van der Waals surface area contributed by atoms with E-state index in [1.165, 1.54) is 44.1 Å². The number of rotatable bonds is 15. The molecule has 1 heterocycles. The van der Waals surface area contributed by atoms with Gasteiger partial charge < -0.3 is 28.1 Å². The average molecular weight is 617 g/mol. The number of hydrogen-bond donors (Lipinski definition) is 0. The second-order valence-corrected chi connectivity index (χ2v) is 10.9. The summed E-state index contributed by atoms with van der Waals surface area (Å²) in [6, 6.07) is 8.76. The summed E-state index contributed by atoms with van der Waals surface area (Å²) >= 11 is 0. The third-order valence-electron chi connectivity index (χ3n) is 7.22. The van der Waals surface area contributed by atoms with Crippen LogP contribution in [0.25, 0.3) is 28.4 Å². The SMILES string of the molecule is COC(=O)/C=C/c1cc(OC)c2oc(-c3ccc(OC/C=C(\C)CC/C=C(\C)CCC=C(C)C)c(OC)c3)c(C(=O)OC)c2c1. The maximum Gasteiger partial charge on any atom is 0.342 e. The minimum Gasteiger partial charge on any atom is -0.493 e. The number of ether oxygens (including phenoxy) is 5. The van der Waals surface area contributed by atoms with Gasteiger partial charge in [-0.1, -0.05) is 28.9 Å². The van der Waals surface area contributed by atoms with Gasteiger partial charge >= 0.3 is 11.9 Å². The van der Waals surface area contributed by atoms with Crippen molar-refractivity contribution in [3.63, 3.8) is 0 Å². The summed E-state index contributed by atoms with van der Waals surface area (Å²) in [4.78, 5) is 24.7. The largest absolute Gasteiger partial charge is 0.493 e. The van der Waals surface area contributed by atoms with Gasteiger partial charge in [0.25, 0.3) is 0 Å². The standard InChI is InChI=1S/C37H44O8/c1-24(2)11-9-12-25(3)13-10-14-26(4)19-20-44-30-17-16-28(23-31(30)40-5)35-34(37(39)43-8)29-21-27(15-18-33(38)42-7)22-32(41-6)36(29)45-35/h11,13,15-19,21-23H,9-10,12,14,20H2,1-8H3/b18-15+,25-13+,26-19+. The van der Waals surface area contributed by atoms with Gasteiger partial charge in [-0.15, -0.1) is 0 Å². The van der Waals surface area contributed by atoms with Gasteiger partial charge in [-0.2, -0.15) is 0 Å². The lowest BCUT2D eigenvalue weighted by Gasteiger charge is -2.11. The second kappa shape index (κ2) is 16.9. The van der Waals surface area contributed by atoms with Crippen molar-refractivity contribution in [2.75, 3.05) is 35.0 Å². The molecule has 0 bridgehead atoms. The van der Waals surface area contributed by atoms with E-state index in [0.29, 0.717) is 46.0 Å². The van der Waals surface area contributed by atoms with Gasteiger partial charge in [-0.25, -0.2) is 9.59 Å². The number of fused-ring (bicyclic) bond motifs is 1. The first-order valence-electron chi connectivity index (χ1n) is 14.9. The van der Waals surface area contributed by atoms with Crippen molar-refractivity contribution in [2.24, 2.45) is 0 Å². The molecule has 8 heteroatoms. The Morgan fingerprint density at radius 3 is 2.11 bits per heavy atom. The molecule has 0 aliphatic heterocycles. The maximum atomic E-state index is 13.0. The molecule has 0 aliphatic rings. The number of carbonyl (C=O) groups excluding carboxylic acids is 2. The van der Waals surface area contributed by atoms with Crippen LogP contribution in [0.3, 0.4) is 0 Å². The summed E-state index contributed by atoms with van der Waals surface area (Å²) in [7, 11) is 5.66. The van der Waals surface area contributed by atoms with Crippen molar-refractivity contribution in [1.82, 2.24) is 0 Å². The molecule has 0 amide bonds. The molecule has 3 rings (SSSR count). The van der Waals surface area contributed by atoms with Crippen molar-refractivity contribution >= 4 is 29.0 Å². The van der Waals surface area contributed by atoms with Crippen LogP contribution in [0, 0.1) is 0 Å². The smallest absolute Gasteiger partial charge is 0.342 e. The fraction of sp³-hybridized carbons (Fsp3) is 0.351. The molecule has 0 saturated carbocycles. The zero-order valence-electron chi connectivity index (χ0n) is 27.6. The van der Waals surface area contributed by atoms with E-state index in [1.54, 1.807) is 43.5 Å². The molecule has 0 spiro atoms. The molecule has 240 valence electrons. The summed E-state index contributed by atoms with van der Waals surface area (Å²) in [6.45, 7) is 8.95. The number of furan rings is 1. The van der Waals surface area contributed by atoms with Crippen LogP contribution in [0.5, 0.6) is 17.2 Å². The van der Waals surface area contributed by atoms with Gasteiger partial charge in [0.1, 0.15) is 17.9 Å². The number of carbonyl (C=O) groups is 2. The molecular formula is C37H44O8. The molecule has 0 fully saturated rings. The van der Waals surface area contributed by atoms with Crippen molar-refractivity contribution in [3.8, 4) is 28.6 Å². The molecule has 0 atom stereocenters. The van der Waals surface area contributed by atoms with Gasteiger partial charge in [0.2, 0.25) is 0 Å². The summed E-state index contributed by atoms with van der Waals surface area (Å²) in [6.07, 6.45) is 13.6. The normalized spacial score (nSPS) is 11.9. The number of methoxy groups -OCH3 is 4. The maximum absolute atomic E-state index is 13.0. The predicted molar refractivity (Wildman–Crippen MR) is 178 cm³/mol. The molecule has 3 aromatic rings. The van der Waals surface area contributed by atoms with Gasteiger partial charge in [0, 0.05) is 17.0 Å². The Bertz CT molecular complexity index is 1610. The van der Waals surface area contributed by atoms with E-state index in [2.05, 4.69) is 50.7 Å². The van der Waals surface area contributed by atoms with Crippen LogP contribution in [-0.2, 0) is 14.3 Å². The van der Waals surface area contributed by atoms with Crippen LogP contribution in [0.4, 0.5) is 0 Å². The number of esters is 2. The van der Waals surface area contributed by atoms with Gasteiger partial charge in [0.15, 0.2) is 22.8 Å². The molecule has 2 aromatic carbocycles. The molecule has 1 aromatic heterocycles. The number of benzene rings is 2. The van der Waals surface area contributed by atoms with E-state index in [4.69, 9.17) is 23.4 Å². The van der Waals surface area contributed by atoms with Crippen LogP contribution in [-0.4, -0.2) is 47.0 Å². The highest BCUT2D eigenvalue weighted by molar-refractivity contribution is 6.10. The third-order valence-corrected chi connectivity index (χ3v) is 7.22. The molecule has 0 saturated heterocycles. The summed E-state index contributed by atoms with van der Waals surface area (Å²) in [5, 5.41) is 0.471. The Morgan fingerprint density at radius 2 is 1.47 bits per heavy atom. The highest BCUT2D eigenvalue weighted by Gasteiger charge is 2.26. The van der Waals surface area contributed by atoms with Crippen LogP contribution < -0.4 is 14.2 Å². The Kier molecular flexibility index (Phi) is 13.1. The summed E-state index contributed by atoms with van der Waals surface area (Å²) in [5.41, 5.74) is 5.79. The minimum atomic E-state index is -0.585. The number of allylic oxidation sites excluding steroid dienone is 5. The Labute approximate surface area is 265 Å². The lowest BCUT2D eigenvalue weighted by Crippen LogP contribution is -2.02. The quantitative estimate of drug-likeness (QED) is 0.0949.